The third kappa shape index (κ3) is 4.73. The molecule has 2 aliphatic rings. The molecular formula is C24H30N4O3. The number of amides is 3. The molecule has 2 aromatic rings. The average Bonchev–Trinajstić information content (AvgIpc) is 3.24. The number of benzene rings is 2. The van der Waals surface area contributed by atoms with Crippen molar-refractivity contribution in [1.29, 1.82) is 0 Å². The van der Waals surface area contributed by atoms with Crippen molar-refractivity contribution in [2.24, 2.45) is 0 Å². The normalized spacial score (nSPS) is 20.9. The number of rotatable bonds is 4. The Labute approximate surface area is 183 Å². The lowest BCUT2D eigenvalue weighted by Crippen LogP contribution is -2.58. The Hall–Kier alpha value is -2.90. The summed E-state index contributed by atoms with van der Waals surface area (Å²) in [7, 11) is 0. The molecule has 0 saturated carbocycles. The van der Waals surface area contributed by atoms with Crippen LogP contribution in [0.2, 0.25) is 0 Å². The average molecular weight is 423 g/mol. The van der Waals surface area contributed by atoms with Crippen molar-refractivity contribution in [3.8, 4) is 0 Å². The number of hydrogen-bond acceptors (Lipinski definition) is 4. The van der Waals surface area contributed by atoms with E-state index in [0.29, 0.717) is 18.7 Å². The topological polar surface area (TPSA) is 84.9 Å². The Morgan fingerprint density at radius 3 is 2.35 bits per heavy atom. The first-order valence-electron chi connectivity index (χ1n) is 10.9. The molecule has 7 heteroatoms. The van der Waals surface area contributed by atoms with E-state index < -0.39 is 5.91 Å². The van der Waals surface area contributed by atoms with Gasteiger partial charge < -0.3 is 10.2 Å². The minimum Gasteiger partial charge on any atom is -0.321 e. The minimum atomic E-state index is -0.517. The summed E-state index contributed by atoms with van der Waals surface area (Å²) in [5.74, 6) is -0.517. The van der Waals surface area contributed by atoms with E-state index in [-0.39, 0.29) is 18.1 Å². The van der Waals surface area contributed by atoms with Gasteiger partial charge in [-0.15, -0.1) is 0 Å². The first-order chi connectivity index (χ1) is 14.9. The lowest BCUT2D eigenvalue weighted by atomic mass is 10.1. The molecular weight excluding hydrogens is 392 g/mol. The maximum absolute atomic E-state index is 12.9. The molecule has 1 saturated heterocycles. The van der Waals surface area contributed by atoms with Crippen molar-refractivity contribution in [3.05, 3.63) is 64.7 Å². The van der Waals surface area contributed by atoms with Crippen LogP contribution in [0.5, 0.6) is 0 Å². The van der Waals surface area contributed by atoms with Crippen LogP contribution in [-0.2, 0) is 19.4 Å². The molecule has 0 unspecified atom stereocenters. The number of aryl methyl sites for hydroxylation is 2. The number of urea groups is 1. The summed E-state index contributed by atoms with van der Waals surface area (Å²) in [4.78, 5) is 28.7. The molecule has 7 nitrogen and oxygen atoms in total. The summed E-state index contributed by atoms with van der Waals surface area (Å²) in [6.07, 6.45) is 3.43. The number of nitrogens with one attached hydrogen (secondary N) is 2. The van der Waals surface area contributed by atoms with Gasteiger partial charge in [0.15, 0.2) is 0 Å². The monoisotopic (exact) mass is 422 g/mol. The summed E-state index contributed by atoms with van der Waals surface area (Å²) in [6, 6.07) is 13.8. The highest BCUT2D eigenvalue weighted by atomic mass is 16.5. The predicted octanol–water partition coefficient (Wildman–Crippen LogP) is 3.42. The van der Waals surface area contributed by atoms with E-state index in [1.807, 2.05) is 23.1 Å². The van der Waals surface area contributed by atoms with Crippen LogP contribution in [0.1, 0.15) is 47.3 Å². The van der Waals surface area contributed by atoms with Gasteiger partial charge in [0.2, 0.25) is 0 Å². The van der Waals surface area contributed by atoms with E-state index in [9.17, 15) is 9.59 Å². The Morgan fingerprint density at radius 2 is 1.68 bits per heavy atom. The largest absolute Gasteiger partial charge is 0.321 e. The second-order valence-electron chi connectivity index (χ2n) is 8.68. The van der Waals surface area contributed by atoms with Gasteiger partial charge >= 0.3 is 6.03 Å². The number of piperazine rings is 1. The fraction of sp³-hybridized carbons (Fsp3) is 0.417. The fourth-order valence-corrected chi connectivity index (χ4v) is 4.72. The number of nitrogens with zero attached hydrogens (tertiary/aromatic N) is 2. The number of hydrogen-bond donors (Lipinski definition) is 3. The summed E-state index contributed by atoms with van der Waals surface area (Å²) in [6.45, 7) is 6.33. The van der Waals surface area contributed by atoms with E-state index in [2.05, 4.69) is 36.2 Å². The van der Waals surface area contributed by atoms with Crippen LogP contribution in [0.3, 0.4) is 0 Å². The van der Waals surface area contributed by atoms with Crippen molar-refractivity contribution in [2.45, 2.75) is 51.7 Å². The smallest absolute Gasteiger partial charge is 0.321 e. The first-order valence-corrected chi connectivity index (χ1v) is 10.9. The van der Waals surface area contributed by atoms with Crippen molar-refractivity contribution >= 4 is 17.6 Å². The van der Waals surface area contributed by atoms with Crippen molar-refractivity contribution in [3.63, 3.8) is 0 Å². The Bertz CT molecular complexity index is 948. The number of carbonyl (C=O) groups excluding carboxylic acids is 2. The van der Waals surface area contributed by atoms with Crippen LogP contribution >= 0.6 is 0 Å². The second-order valence-corrected chi connectivity index (χ2v) is 8.68. The standard InChI is InChI=1S/C24H30N4O3/c1-16-13-27(24(30)25-22-11-10-19-4-3-5-21(19)12-22)14-17(2)28(16)15-18-6-8-20(9-7-18)23(29)26-31/h6-12,16-17,31H,3-5,13-15H2,1-2H3,(H,25,30)(H,26,29)/t16-,17+. The molecule has 0 radical (unpaired) electrons. The van der Waals surface area contributed by atoms with Crippen molar-refractivity contribution in [2.75, 3.05) is 18.4 Å². The summed E-state index contributed by atoms with van der Waals surface area (Å²) in [5, 5.41) is 11.8. The molecule has 2 aromatic carbocycles. The third-order valence-corrected chi connectivity index (χ3v) is 6.42. The van der Waals surface area contributed by atoms with Crippen LogP contribution in [0.15, 0.2) is 42.5 Å². The van der Waals surface area contributed by atoms with Gasteiger partial charge in [-0.2, -0.15) is 0 Å². The van der Waals surface area contributed by atoms with E-state index in [0.717, 1.165) is 30.6 Å². The highest BCUT2D eigenvalue weighted by Gasteiger charge is 2.32. The van der Waals surface area contributed by atoms with Crippen LogP contribution in [0.25, 0.3) is 0 Å². The summed E-state index contributed by atoms with van der Waals surface area (Å²) in [5.41, 5.74) is 6.78. The molecule has 0 aromatic heterocycles. The molecule has 0 spiro atoms. The zero-order valence-corrected chi connectivity index (χ0v) is 18.1. The molecule has 1 aliphatic carbocycles. The van der Waals surface area contributed by atoms with E-state index in [1.54, 1.807) is 17.6 Å². The molecule has 1 aliphatic heterocycles. The molecule has 0 bridgehead atoms. The number of hydroxylamine groups is 1. The zero-order valence-electron chi connectivity index (χ0n) is 18.1. The molecule has 164 valence electrons. The quantitative estimate of drug-likeness (QED) is 0.521. The Balaban J connectivity index is 1.36. The van der Waals surface area contributed by atoms with Gasteiger partial charge in [-0.25, -0.2) is 10.3 Å². The SMILES string of the molecule is C[C@@H]1CN(C(=O)Nc2ccc3c(c2)CCC3)C[C@H](C)N1Cc1ccc(C(=O)NO)cc1. The molecule has 2 atom stereocenters. The molecule has 4 rings (SSSR count). The van der Waals surface area contributed by atoms with E-state index in [1.165, 1.54) is 17.5 Å². The van der Waals surface area contributed by atoms with Gasteiger partial charge in [0.05, 0.1) is 0 Å². The molecule has 3 amide bonds. The van der Waals surface area contributed by atoms with Crippen LogP contribution < -0.4 is 10.8 Å². The minimum absolute atomic E-state index is 0.0457. The number of carbonyl (C=O) groups is 2. The molecule has 3 N–H and O–H groups in total. The first kappa shape index (κ1) is 21.3. The van der Waals surface area contributed by atoms with E-state index in [4.69, 9.17) is 5.21 Å². The van der Waals surface area contributed by atoms with Crippen LogP contribution in [-0.4, -0.2) is 52.1 Å². The van der Waals surface area contributed by atoms with Gasteiger partial charge in [0.25, 0.3) is 5.91 Å². The van der Waals surface area contributed by atoms with Crippen LogP contribution in [0.4, 0.5) is 10.5 Å². The van der Waals surface area contributed by atoms with E-state index >= 15 is 0 Å². The van der Waals surface area contributed by atoms with Gasteiger partial charge in [-0.3, -0.25) is 14.9 Å². The predicted molar refractivity (Wildman–Crippen MR) is 119 cm³/mol. The summed E-state index contributed by atoms with van der Waals surface area (Å²) >= 11 is 0. The fourth-order valence-electron chi connectivity index (χ4n) is 4.72. The summed E-state index contributed by atoms with van der Waals surface area (Å²) < 4.78 is 0. The van der Waals surface area contributed by atoms with Crippen molar-refractivity contribution in [1.82, 2.24) is 15.3 Å². The molecule has 1 fully saturated rings. The highest BCUT2D eigenvalue weighted by Crippen LogP contribution is 2.26. The van der Waals surface area contributed by atoms with Gasteiger partial charge in [-0.1, -0.05) is 18.2 Å². The maximum atomic E-state index is 12.9. The third-order valence-electron chi connectivity index (χ3n) is 6.42. The molecule has 31 heavy (non-hydrogen) atoms. The van der Waals surface area contributed by atoms with Gasteiger partial charge in [-0.05, 0) is 74.1 Å². The second kappa shape index (κ2) is 9.08. The lowest BCUT2D eigenvalue weighted by Gasteiger charge is -2.44. The van der Waals surface area contributed by atoms with Gasteiger partial charge in [0.1, 0.15) is 0 Å². The van der Waals surface area contributed by atoms with Crippen molar-refractivity contribution < 1.29 is 14.8 Å². The van der Waals surface area contributed by atoms with Crippen LogP contribution in [0, 0.1) is 0 Å². The lowest BCUT2D eigenvalue weighted by molar-refractivity contribution is 0.0526. The number of fused-ring (bicyclic) bond motifs is 1. The zero-order chi connectivity index (χ0) is 22.0. The molecule has 1 heterocycles. The highest BCUT2D eigenvalue weighted by molar-refractivity contribution is 5.93. The number of anilines is 1. The maximum Gasteiger partial charge on any atom is 0.321 e. The van der Waals surface area contributed by atoms with Gasteiger partial charge in [0, 0.05) is 43.0 Å². The Morgan fingerprint density at radius 1 is 1.00 bits per heavy atom. The Kier molecular flexibility index (Phi) is 6.25.